The van der Waals surface area contributed by atoms with Gasteiger partial charge in [-0.3, -0.25) is 4.90 Å². The van der Waals surface area contributed by atoms with Gasteiger partial charge in [-0.15, -0.1) is 0 Å². The van der Waals surface area contributed by atoms with E-state index in [-0.39, 0.29) is 18.7 Å². The third-order valence-electron chi connectivity index (χ3n) is 5.30. The monoisotopic (exact) mass is 439 g/mol. The van der Waals surface area contributed by atoms with Crippen molar-refractivity contribution in [3.8, 4) is 0 Å². The molecule has 0 aliphatic carbocycles. The standard InChI is InChI=1S/C25H33N3O4/c1-5-27(24(30)32-25(2,3)4)22-15-14-20(17-26-22)21-13-9-10-16-28(21)23(29)31-18-19-11-7-6-8-12-19/h6-8,11-12,14-15,17,21H,5,9-10,13,16,18H2,1-4H3. The number of rotatable bonds is 5. The number of hydrogen-bond acceptors (Lipinski definition) is 5. The number of amides is 2. The number of ether oxygens (including phenoxy) is 2. The van der Waals surface area contributed by atoms with Gasteiger partial charge in [-0.2, -0.15) is 0 Å². The second-order valence-electron chi connectivity index (χ2n) is 8.92. The van der Waals surface area contributed by atoms with Gasteiger partial charge >= 0.3 is 12.2 Å². The summed E-state index contributed by atoms with van der Waals surface area (Å²) in [5, 5.41) is 0. The summed E-state index contributed by atoms with van der Waals surface area (Å²) in [6.07, 6.45) is 3.84. The zero-order valence-corrected chi connectivity index (χ0v) is 19.4. The lowest BCUT2D eigenvalue weighted by atomic mass is 9.97. The number of piperidine rings is 1. The second-order valence-corrected chi connectivity index (χ2v) is 8.92. The van der Waals surface area contributed by atoms with E-state index in [0.717, 1.165) is 30.4 Å². The van der Waals surface area contributed by atoms with Crippen LogP contribution in [0.1, 0.15) is 64.1 Å². The van der Waals surface area contributed by atoms with Crippen LogP contribution in [-0.2, 0) is 16.1 Å². The van der Waals surface area contributed by atoms with E-state index in [1.807, 2.05) is 70.2 Å². The van der Waals surface area contributed by atoms with Crippen LogP contribution >= 0.6 is 0 Å². The number of hydrogen-bond donors (Lipinski definition) is 0. The van der Waals surface area contributed by atoms with Gasteiger partial charge in [0, 0.05) is 19.3 Å². The highest BCUT2D eigenvalue weighted by atomic mass is 16.6. The highest BCUT2D eigenvalue weighted by Gasteiger charge is 2.30. The molecule has 1 aliphatic rings. The zero-order valence-electron chi connectivity index (χ0n) is 19.4. The fraction of sp³-hybridized carbons (Fsp3) is 0.480. The van der Waals surface area contributed by atoms with Crippen molar-refractivity contribution < 1.29 is 19.1 Å². The van der Waals surface area contributed by atoms with Crippen molar-refractivity contribution in [3.05, 3.63) is 59.8 Å². The number of aromatic nitrogens is 1. The molecule has 7 heteroatoms. The number of carbonyl (C=O) groups is 2. The van der Waals surface area contributed by atoms with Gasteiger partial charge in [-0.1, -0.05) is 36.4 Å². The molecule has 32 heavy (non-hydrogen) atoms. The van der Waals surface area contributed by atoms with Crippen LogP contribution in [0, 0.1) is 0 Å². The van der Waals surface area contributed by atoms with E-state index >= 15 is 0 Å². The van der Waals surface area contributed by atoms with Crippen LogP contribution in [0.3, 0.4) is 0 Å². The summed E-state index contributed by atoms with van der Waals surface area (Å²) in [5.41, 5.74) is 1.32. The van der Waals surface area contributed by atoms with Crippen LogP contribution in [0.5, 0.6) is 0 Å². The van der Waals surface area contributed by atoms with Crippen molar-refractivity contribution in [3.63, 3.8) is 0 Å². The summed E-state index contributed by atoms with van der Waals surface area (Å²) in [7, 11) is 0. The molecule has 7 nitrogen and oxygen atoms in total. The first kappa shape index (κ1) is 23.6. The summed E-state index contributed by atoms with van der Waals surface area (Å²) >= 11 is 0. The van der Waals surface area contributed by atoms with E-state index in [1.54, 1.807) is 11.1 Å². The molecule has 0 radical (unpaired) electrons. The van der Waals surface area contributed by atoms with Gasteiger partial charge in [0.15, 0.2) is 0 Å². The molecule has 1 atom stereocenters. The molecular formula is C25H33N3O4. The summed E-state index contributed by atoms with van der Waals surface area (Å²) in [6.45, 7) is 8.74. The largest absolute Gasteiger partial charge is 0.445 e. The molecule has 1 unspecified atom stereocenters. The number of pyridine rings is 1. The summed E-state index contributed by atoms with van der Waals surface area (Å²) in [5.74, 6) is 0.527. The maximum atomic E-state index is 12.8. The molecule has 0 spiro atoms. The predicted molar refractivity (Wildman–Crippen MR) is 123 cm³/mol. The Kier molecular flexibility index (Phi) is 7.72. The first-order valence-corrected chi connectivity index (χ1v) is 11.2. The number of likely N-dealkylation sites (tertiary alicyclic amines) is 1. The van der Waals surface area contributed by atoms with Gasteiger partial charge in [0.05, 0.1) is 6.04 Å². The maximum Gasteiger partial charge on any atom is 0.415 e. The average Bonchev–Trinajstić information content (AvgIpc) is 2.78. The SMILES string of the molecule is CCN(C(=O)OC(C)(C)C)c1ccc(C2CCCCN2C(=O)OCc2ccccc2)cn1. The third-order valence-corrected chi connectivity index (χ3v) is 5.30. The molecule has 0 saturated carbocycles. The number of anilines is 1. The van der Waals surface area contributed by atoms with E-state index in [2.05, 4.69) is 4.98 Å². The lowest BCUT2D eigenvalue weighted by Gasteiger charge is -2.35. The number of nitrogens with zero attached hydrogens (tertiary/aromatic N) is 3. The lowest BCUT2D eigenvalue weighted by Crippen LogP contribution is -2.39. The quantitative estimate of drug-likeness (QED) is 0.597. The molecule has 1 aromatic carbocycles. The van der Waals surface area contributed by atoms with Crippen molar-refractivity contribution in [1.29, 1.82) is 0 Å². The van der Waals surface area contributed by atoms with E-state index in [4.69, 9.17) is 9.47 Å². The molecule has 172 valence electrons. The van der Waals surface area contributed by atoms with Crippen molar-refractivity contribution in [2.45, 2.75) is 65.2 Å². The van der Waals surface area contributed by atoms with Crippen molar-refractivity contribution in [2.24, 2.45) is 0 Å². The van der Waals surface area contributed by atoms with Crippen LogP contribution in [-0.4, -0.2) is 40.8 Å². The molecule has 1 fully saturated rings. The first-order valence-electron chi connectivity index (χ1n) is 11.2. The molecule has 0 N–H and O–H groups in total. The van der Waals surface area contributed by atoms with Crippen LogP contribution < -0.4 is 4.90 Å². The maximum absolute atomic E-state index is 12.8. The lowest BCUT2D eigenvalue weighted by molar-refractivity contribution is 0.0581. The summed E-state index contributed by atoms with van der Waals surface area (Å²) in [4.78, 5) is 33.1. The normalized spacial score (nSPS) is 16.4. The molecule has 0 bridgehead atoms. The predicted octanol–water partition coefficient (Wildman–Crippen LogP) is 5.71. The van der Waals surface area contributed by atoms with Gasteiger partial charge < -0.3 is 14.4 Å². The molecule has 1 aliphatic heterocycles. The minimum Gasteiger partial charge on any atom is -0.445 e. The Morgan fingerprint density at radius 3 is 2.50 bits per heavy atom. The van der Waals surface area contributed by atoms with Gasteiger partial charge in [-0.05, 0) is 64.2 Å². The zero-order chi connectivity index (χ0) is 23.1. The number of benzene rings is 1. The van der Waals surface area contributed by atoms with Gasteiger partial charge in [0.2, 0.25) is 0 Å². The van der Waals surface area contributed by atoms with E-state index in [0.29, 0.717) is 18.9 Å². The van der Waals surface area contributed by atoms with Crippen LogP contribution in [0.4, 0.5) is 15.4 Å². The van der Waals surface area contributed by atoms with Crippen molar-refractivity contribution in [2.75, 3.05) is 18.0 Å². The molecule has 1 saturated heterocycles. The highest BCUT2D eigenvalue weighted by molar-refractivity contribution is 5.86. The first-order chi connectivity index (χ1) is 15.3. The molecule has 2 aromatic rings. The molecule has 1 aromatic heterocycles. The Morgan fingerprint density at radius 1 is 1.12 bits per heavy atom. The minimum absolute atomic E-state index is 0.0924. The van der Waals surface area contributed by atoms with Crippen molar-refractivity contribution >= 4 is 18.0 Å². The Balaban J connectivity index is 1.69. The molecule has 2 heterocycles. The molecule has 3 rings (SSSR count). The van der Waals surface area contributed by atoms with E-state index < -0.39 is 11.7 Å². The number of carbonyl (C=O) groups excluding carboxylic acids is 2. The van der Waals surface area contributed by atoms with Crippen molar-refractivity contribution in [1.82, 2.24) is 9.88 Å². The smallest absolute Gasteiger partial charge is 0.415 e. The van der Waals surface area contributed by atoms with Crippen LogP contribution in [0.15, 0.2) is 48.7 Å². The third kappa shape index (κ3) is 6.22. The highest BCUT2D eigenvalue weighted by Crippen LogP contribution is 2.32. The Labute approximate surface area is 190 Å². The Bertz CT molecular complexity index is 894. The Morgan fingerprint density at radius 2 is 1.88 bits per heavy atom. The van der Waals surface area contributed by atoms with E-state index in [9.17, 15) is 9.59 Å². The van der Waals surface area contributed by atoms with Crippen LogP contribution in [0.2, 0.25) is 0 Å². The van der Waals surface area contributed by atoms with Gasteiger partial charge in [-0.25, -0.2) is 14.6 Å². The Hall–Kier alpha value is -3.09. The fourth-order valence-corrected chi connectivity index (χ4v) is 3.75. The summed E-state index contributed by atoms with van der Waals surface area (Å²) < 4.78 is 11.1. The second kappa shape index (κ2) is 10.5. The van der Waals surface area contributed by atoms with Crippen LogP contribution in [0.25, 0.3) is 0 Å². The topological polar surface area (TPSA) is 72.0 Å². The van der Waals surface area contributed by atoms with Gasteiger partial charge in [0.25, 0.3) is 0 Å². The van der Waals surface area contributed by atoms with Gasteiger partial charge in [0.1, 0.15) is 18.0 Å². The molecule has 2 amide bonds. The fourth-order valence-electron chi connectivity index (χ4n) is 3.75. The van der Waals surface area contributed by atoms with E-state index in [1.165, 1.54) is 4.90 Å². The average molecular weight is 440 g/mol. The molecular weight excluding hydrogens is 406 g/mol. The minimum atomic E-state index is -0.576. The summed E-state index contributed by atoms with van der Waals surface area (Å²) in [6, 6.07) is 13.3.